The molecule has 0 aliphatic carbocycles. The lowest BCUT2D eigenvalue weighted by molar-refractivity contribution is -0.129. The van der Waals surface area contributed by atoms with Gasteiger partial charge < -0.3 is 16.0 Å². The first-order valence-corrected chi connectivity index (χ1v) is 10.4. The molecular weight excluding hydrogens is 362 g/mol. The van der Waals surface area contributed by atoms with Crippen molar-refractivity contribution in [1.82, 2.24) is 10.3 Å². The number of amides is 1. The van der Waals surface area contributed by atoms with E-state index in [1.807, 2.05) is 57.3 Å². The predicted molar refractivity (Wildman–Crippen MR) is 120 cm³/mol. The molecule has 2 rings (SSSR count). The second-order valence-electron chi connectivity index (χ2n) is 9.10. The van der Waals surface area contributed by atoms with E-state index in [1.165, 1.54) is 0 Å². The largest absolute Gasteiger partial charge is 0.370 e. The number of aromatic nitrogens is 1. The third kappa shape index (κ3) is 6.86. The molecule has 4 N–H and O–H groups in total. The third-order valence-electron chi connectivity index (χ3n) is 5.02. The molecule has 1 amide bonds. The molecule has 0 aliphatic rings. The minimum atomic E-state index is -0.435. The molecule has 0 aliphatic heterocycles. The summed E-state index contributed by atoms with van der Waals surface area (Å²) < 4.78 is 0. The molecule has 0 saturated heterocycles. The lowest BCUT2D eigenvalue weighted by Gasteiger charge is -2.24. The van der Waals surface area contributed by atoms with Gasteiger partial charge in [0, 0.05) is 46.9 Å². The fourth-order valence-corrected chi connectivity index (χ4v) is 3.57. The highest BCUT2D eigenvalue weighted by Crippen LogP contribution is 2.27. The fraction of sp³-hybridized carbons (Fsp3) is 0.500. The molecule has 2 atom stereocenters. The van der Waals surface area contributed by atoms with Gasteiger partial charge in [0.2, 0.25) is 5.91 Å². The van der Waals surface area contributed by atoms with Crippen LogP contribution in [-0.4, -0.2) is 28.8 Å². The summed E-state index contributed by atoms with van der Waals surface area (Å²) in [7, 11) is 0. The topological polar surface area (TPSA) is 88.0 Å². The maximum atomic E-state index is 13.2. The van der Waals surface area contributed by atoms with Gasteiger partial charge in [0.1, 0.15) is 5.78 Å². The summed E-state index contributed by atoms with van der Waals surface area (Å²) in [5, 5.41) is 4.60. The number of allylic oxidation sites excluding steroid dienone is 1. The smallest absolute Gasteiger partial charge is 0.217 e. The number of fused-ring (bicyclic) bond motifs is 1. The van der Waals surface area contributed by atoms with Crippen molar-refractivity contribution in [3.05, 3.63) is 48.2 Å². The number of para-hydroxylation sites is 1. The lowest BCUT2D eigenvalue weighted by Crippen LogP contribution is -2.35. The van der Waals surface area contributed by atoms with E-state index < -0.39 is 5.41 Å². The third-order valence-corrected chi connectivity index (χ3v) is 5.02. The molecule has 0 bridgehead atoms. The van der Waals surface area contributed by atoms with E-state index in [9.17, 15) is 9.59 Å². The van der Waals surface area contributed by atoms with E-state index in [4.69, 9.17) is 5.73 Å². The molecule has 1 heterocycles. The van der Waals surface area contributed by atoms with Crippen LogP contribution in [0, 0.1) is 11.3 Å². The molecule has 29 heavy (non-hydrogen) atoms. The molecule has 2 aromatic rings. The number of nitrogens with two attached hydrogens (primary N) is 1. The van der Waals surface area contributed by atoms with Gasteiger partial charge in [0.15, 0.2) is 0 Å². The first-order chi connectivity index (χ1) is 13.6. The van der Waals surface area contributed by atoms with Gasteiger partial charge in [-0.25, -0.2) is 0 Å². The van der Waals surface area contributed by atoms with E-state index in [0.717, 1.165) is 16.5 Å². The Morgan fingerprint density at radius 1 is 1.17 bits per heavy atom. The highest BCUT2D eigenvalue weighted by Gasteiger charge is 2.29. The highest BCUT2D eigenvalue weighted by atomic mass is 16.1. The molecule has 0 unspecified atom stereocenters. The predicted octanol–water partition coefficient (Wildman–Crippen LogP) is 4.13. The van der Waals surface area contributed by atoms with Crippen LogP contribution in [0.3, 0.4) is 0 Å². The van der Waals surface area contributed by atoms with Gasteiger partial charge in [-0.15, -0.1) is 0 Å². The number of carbonyl (C=O) groups is 2. The van der Waals surface area contributed by atoms with Crippen LogP contribution in [0.2, 0.25) is 0 Å². The maximum absolute atomic E-state index is 13.2. The van der Waals surface area contributed by atoms with Crippen LogP contribution in [0.25, 0.3) is 10.9 Å². The zero-order valence-corrected chi connectivity index (χ0v) is 18.3. The minimum absolute atomic E-state index is 0.000683. The maximum Gasteiger partial charge on any atom is 0.217 e. The molecule has 5 heteroatoms. The molecule has 0 radical (unpaired) electrons. The molecular formula is C24H35N3O2. The molecule has 158 valence electrons. The molecule has 0 fully saturated rings. The number of rotatable bonds is 10. The van der Waals surface area contributed by atoms with Crippen molar-refractivity contribution in [2.75, 3.05) is 0 Å². The zero-order chi connectivity index (χ0) is 21.6. The van der Waals surface area contributed by atoms with Crippen molar-refractivity contribution in [3.63, 3.8) is 0 Å². The van der Waals surface area contributed by atoms with Crippen molar-refractivity contribution in [2.24, 2.45) is 17.1 Å². The monoisotopic (exact) mass is 397 g/mol. The second-order valence-corrected chi connectivity index (χ2v) is 9.10. The molecule has 0 saturated carbocycles. The van der Waals surface area contributed by atoms with Crippen LogP contribution in [-0.2, 0) is 16.0 Å². The Kier molecular flexibility index (Phi) is 7.80. The average Bonchev–Trinajstić information content (AvgIpc) is 3.04. The summed E-state index contributed by atoms with van der Waals surface area (Å²) in [6.07, 6.45) is 7.62. The Balaban J connectivity index is 2.27. The Morgan fingerprint density at radius 3 is 2.48 bits per heavy atom. The average molecular weight is 398 g/mol. The van der Waals surface area contributed by atoms with E-state index in [-0.39, 0.29) is 29.7 Å². The Bertz CT molecular complexity index is 858. The number of Topliss-reactive ketones (excluding diaryl/α,β-unsaturated/α-hetero) is 1. The van der Waals surface area contributed by atoms with Gasteiger partial charge in [0.25, 0.3) is 0 Å². The van der Waals surface area contributed by atoms with Crippen molar-refractivity contribution >= 4 is 22.6 Å². The second kappa shape index (κ2) is 9.88. The summed E-state index contributed by atoms with van der Waals surface area (Å²) in [5.74, 6) is -0.341. The normalized spacial score (nSPS) is 14.6. The number of carbonyl (C=O) groups excluding carboxylic acids is 2. The summed E-state index contributed by atoms with van der Waals surface area (Å²) in [6, 6.07) is 8.41. The Hall–Kier alpha value is -2.40. The van der Waals surface area contributed by atoms with Crippen LogP contribution in [0.5, 0.6) is 0 Å². The van der Waals surface area contributed by atoms with E-state index in [2.05, 4.69) is 30.2 Å². The van der Waals surface area contributed by atoms with Gasteiger partial charge in [-0.05, 0) is 24.5 Å². The molecule has 0 spiro atoms. The number of aromatic amines is 1. The van der Waals surface area contributed by atoms with Crippen LogP contribution >= 0.6 is 0 Å². The highest BCUT2D eigenvalue weighted by molar-refractivity contribution is 5.89. The number of hydrogen-bond acceptors (Lipinski definition) is 3. The van der Waals surface area contributed by atoms with E-state index >= 15 is 0 Å². The standard InChI is InChI=1S/C24H35N3O2/c1-16(2)27-19(12-13-22(25)28)11-10-17(23(29)24(3,4)5)14-18-15-26-21-9-7-6-8-20(18)21/h6-11,15-17,19,26-27H,12-14H2,1-5H3,(H2,25,28)/b11-10+/t17-,19+/m0/s1. The van der Waals surface area contributed by atoms with Gasteiger partial charge in [0.05, 0.1) is 0 Å². The Labute approximate surface area is 174 Å². The van der Waals surface area contributed by atoms with Crippen LogP contribution in [0.4, 0.5) is 0 Å². The molecule has 1 aromatic carbocycles. The summed E-state index contributed by atoms with van der Waals surface area (Å²) in [6.45, 7) is 10.0. The van der Waals surface area contributed by atoms with Gasteiger partial charge in [-0.3, -0.25) is 9.59 Å². The quantitative estimate of drug-likeness (QED) is 0.527. The number of primary amides is 1. The summed E-state index contributed by atoms with van der Waals surface area (Å²) in [4.78, 5) is 27.7. The molecule has 1 aromatic heterocycles. The first-order valence-electron chi connectivity index (χ1n) is 10.4. The van der Waals surface area contributed by atoms with Crippen molar-refractivity contribution in [2.45, 2.75) is 66.0 Å². The van der Waals surface area contributed by atoms with Crippen LogP contribution in [0.1, 0.15) is 53.0 Å². The Morgan fingerprint density at radius 2 is 1.86 bits per heavy atom. The molecule has 5 nitrogen and oxygen atoms in total. The van der Waals surface area contributed by atoms with Gasteiger partial charge in [-0.2, -0.15) is 0 Å². The van der Waals surface area contributed by atoms with Crippen molar-refractivity contribution < 1.29 is 9.59 Å². The van der Waals surface area contributed by atoms with Crippen molar-refractivity contribution in [3.8, 4) is 0 Å². The van der Waals surface area contributed by atoms with Crippen molar-refractivity contribution in [1.29, 1.82) is 0 Å². The minimum Gasteiger partial charge on any atom is -0.370 e. The zero-order valence-electron chi connectivity index (χ0n) is 18.3. The number of benzene rings is 1. The SMILES string of the molecule is CC(C)N[C@H](/C=C/[C@@H](Cc1c[nH]c2ccccc12)C(=O)C(C)(C)C)CCC(N)=O. The van der Waals surface area contributed by atoms with E-state index in [1.54, 1.807) is 0 Å². The number of ketones is 1. The first kappa shape index (κ1) is 22.9. The number of hydrogen-bond donors (Lipinski definition) is 3. The summed E-state index contributed by atoms with van der Waals surface area (Å²) >= 11 is 0. The fourth-order valence-electron chi connectivity index (χ4n) is 3.57. The van der Waals surface area contributed by atoms with Gasteiger partial charge >= 0.3 is 0 Å². The van der Waals surface area contributed by atoms with Crippen LogP contribution in [0.15, 0.2) is 42.6 Å². The van der Waals surface area contributed by atoms with Gasteiger partial charge in [-0.1, -0.05) is 65.0 Å². The lowest BCUT2D eigenvalue weighted by atomic mass is 9.80. The van der Waals surface area contributed by atoms with E-state index in [0.29, 0.717) is 19.3 Å². The number of H-pyrrole nitrogens is 1. The number of nitrogens with one attached hydrogen (secondary N) is 2. The van der Waals surface area contributed by atoms with Crippen LogP contribution < -0.4 is 11.1 Å². The summed E-state index contributed by atoms with van der Waals surface area (Å²) in [5.41, 5.74) is 7.11.